The fourth-order valence-electron chi connectivity index (χ4n) is 2.36. The smallest absolute Gasteiger partial charge is 0.191 e. The molecule has 0 spiro atoms. The average molecular weight is 553 g/mol. The fourth-order valence-corrected chi connectivity index (χ4v) is 2.92. The third-order valence-electron chi connectivity index (χ3n) is 4.09. The number of guanidine groups is 1. The molecule has 2 aromatic rings. The van der Waals surface area contributed by atoms with Crippen molar-refractivity contribution in [2.24, 2.45) is 12.0 Å². The van der Waals surface area contributed by atoms with Crippen molar-refractivity contribution in [1.29, 1.82) is 0 Å². The van der Waals surface area contributed by atoms with Crippen molar-refractivity contribution in [3.63, 3.8) is 0 Å². The van der Waals surface area contributed by atoms with Crippen molar-refractivity contribution in [3.05, 3.63) is 40.9 Å². The zero-order valence-corrected chi connectivity index (χ0v) is 21.2. The summed E-state index contributed by atoms with van der Waals surface area (Å²) in [5.74, 6) is 4.34. The molecule has 1 unspecified atom stereocenters. The summed E-state index contributed by atoms with van der Waals surface area (Å²) in [6.07, 6.45) is 3.15. The van der Waals surface area contributed by atoms with E-state index in [2.05, 4.69) is 32.1 Å². The number of aromatic nitrogens is 3. The van der Waals surface area contributed by atoms with Crippen molar-refractivity contribution in [3.8, 4) is 5.75 Å². The maximum absolute atomic E-state index is 5.92. The molecule has 0 aliphatic carbocycles. The average Bonchev–Trinajstić information content (AvgIpc) is 3.00. The molecule has 0 aliphatic heterocycles. The summed E-state index contributed by atoms with van der Waals surface area (Å²) in [7, 11) is 1.95. The Hall–Kier alpha value is -1.20. The molecule has 0 radical (unpaired) electrons. The van der Waals surface area contributed by atoms with Gasteiger partial charge in [-0.15, -0.1) is 34.2 Å². The molecule has 29 heavy (non-hydrogen) atoms. The first kappa shape index (κ1) is 25.8. The number of hydrogen-bond acceptors (Lipinski definition) is 5. The Morgan fingerprint density at radius 2 is 2.00 bits per heavy atom. The van der Waals surface area contributed by atoms with Crippen molar-refractivity contribution < 1.29 is 4.74 Å². The molecule has 0 bridgehead atoms. The van der Waals surface area contributed by atoms with Gasteiger partial charge in [0.25, 0.3) is 0 Å². The summed E-state index contributed by atoms with van der Waals surface area (Å²) in [6.45, 7) is 5.88. The molecular formula is C19H30ClIN6OS. The Kier molecular flexibility index (Phi) is 12.4. The highest BCUT2D eigenvalue weighted by atomic mass is 127. The van der Waals surface area contributed by atoms with Gasteiger partial charge in [0.15, 0.2) is 11.8 Å². The molecule has 0 saturated heterocycles. The van der Waals surface area contributed by atoms with E-state index in [0.29, 0.717) is 18.1 Å². The highest BCUT2D eigenvalue weighted by molar-refractivity contribution is 14.0. The molecule has 1 aromatic carbocycles. The summed E-state index contributed by atoms with van der Waals surface area (Å²) in [6, 6.07) is 7.37. The van der Waals surface area contributed by atoms with E-state index in [1.165, 1.54) is 0 Å². The van der Waals surface area contributed by atoms with Gasteiger partial charge in [0, 0.05) is 18.6 Å². The van der Waals surface area contributed by atoms with Crippen molar-refractivity contribution in [1.82, 2.24) is 25.4 Å². The number of hydrogen-bond donors (Lipinski definition) is 2. The number of ether oxygens (including phenoxy) is 1. The molecule has 162 valence electrons. The van der Waals surface area contributed by atoms with E-state index < -0.39 is 0 Å². The highest BCUT2D eigenvalue weighted by Crippen LogP contribution is 2.16. The number of nitrogens with zero attached hydrogens (tertiary/aromatic N) is 4. The second kappa shape index (κ2) is 13.9. The third-order valence-corrected chi connectivity index (χ3v) is 5.04. The van der Waals surface area contributed by atoms with E-state index in [0.717, 1.165) is 42.1 Å². The Morgan fingerprint density at radius 1 is 1.28 bits per heavy atom. The summed E-state index contributed by atoms with van der Waals surface area (Å²) in [4.78, 5) is 4.65. The zero-order chi connectivity index (χ0) is 20.4. The number of benzene rings is 1. The Bertz CT molecular complexity index is 756. The number of thioether (sulfide) groups is 1. The van der Waals surface area contributed by atoms with Crippen LogP contribution >= 0.6 is 47.3 Å². The van der Waals surface area contributed by atoms with Crippen LogP contribution in [0.3, 0.4) is 0 Å². The molecule has 1 atom stereocenters. The quantitative estimate of drug-likeness (QED) is 0.203. The first-order chi connectivity index (χ1) is 13.5. The molecule has 0 aliphatic rings. The van der Waals surface area contributed by atoms with Crippen molar-refractivity contribution in [2.75, 3.05) is 25.1 Å². The van der Waals surface area contributed by atoms with Gasteiger partial charge in [-0.05, 0) is 56.5 Å². The predicted octanol–water partition coefficient (Wildman–Crippen LogP) is 3.65. The lowest BCUT2D eigenvalue weighted by Gasteiger charge is -2.18. The van der Waals surface area contributed by atoms with Crippen LogP contribution in [0, 0.1) is 6.92 Å². The monoisotopic (exact) mass is 552 g/mol. The topological polar surface area (TPSA) is 76.4 Å². The van der Waals surface area contributed by atoms with Gasteiger partial charge in [-0.2, -0.15) is 11.8 Å². The van der Waals surface area contributed by atoms with E-state index >= 15 is 0 Å². The molecule has 0 amide bonds. The van der Waals surface area contributed by atoms with E-state index in [4.69, 9.17) is 16.3 Å². The van der Waals surface area contributed by atoms with Crippen LogP contribution in [-0.2, 0) is 13.6 Å². The van der Waals surface area contributed by atoms with E-state index in [9.17, 15) is 0 Å². The zero-order valence-electron chi connectivity index (χ0n) is 17.3. The third kappa shape index (κ3) is 9.43. The van der Waals surface area contributed by atoms with Gasteiger partial charge in [-0.3, -0.25) is 0 Å². The highest BCUT2D eigenvalue weighted by Gasteiger charge is 2.08. The molecule has 1 heterocycles. The summed E-state index contributed by atoms with van der Waals surface area (Å²) in [5, 5.41) is 15.7. The minimum Gasteiger partial charge on any atom is -0.489 e. The standard InChI is InChI=1S/C19H29ClN6OS.HI/c1-14(27-17-8-6-16(20)7-9-17)12-22-19(21-10-5-11-28-4)23-13-18-25-24-15(2)26(18)3;/h6-9,14H,5,10-13H2,1-4H3,(H2,21,22,23);1H. The van der Waals surface area contributed by atoms with Gasteiger partial charge in [-0.1, -0.05) is 11.6 Å². The lowest BCUT2D eigenvalue weighted by atomic mass is 10.3. The van der Waals surface area contributed by atoms with Gasteiger partial charge in [0.05, 0.1) is 6.54 Å². The Balaban J connectivity index is 0.00000420. The maximum Gasteiger partial charge on any atom is 0.191 e. The minimum absolute atomic E-state index is 0. The van der Waals surface area contributed by atoms with E-state index in [-0.39, 0.29) is 30.1 Å². The number of nitrogens with one attached hydrogen (secondary N) is 2. The molecule has 1 aromatic heterocycles. The number of aryl methyl sites for hydroxylation is 1. The number of halogens is 2. The summed E-state index contributed by atoms with van der Waals surface area (Å²) in [5.41, 5.74) is 0. The normalized spacial score (nSPS) is 12.2. The van der Waals surface area contributed by atoms with Crippen molar-refractivity contribution >= 4 is 53.3 Å². The maximum atomic E-state index is 5.92. The molecule has 2 rings (SSSR count). The molecular weight excluding hydrogens is 523 g/mol. The number of rotatable bonds is 10. The SMILES string of the molecule is CSCCCNC(=NCc1nnc(C)n1C)NCC(C)Oc1ccc(Cl)cc1.I. The van der Waals surface area contributed by atoms with Crippen LogP contribution in [0.15, 0.2) is 29.3 Å². The van der Waals surface area contributed by atoms with E-state index in [1.54, 1.807) is 0 Å². The summed E-state index contributed by atoms with van der Waals surface area (Å²) >= 11 is 7.75. The second-order valence-electron chi connectivity index (χ2n) is 6.42. The molecule has 7 nitrogen and oxygen atoms in total. The Morgan fingerprint density at radius 3 is 2.62 bits per heavy atom. The second-order valence-corrected chi connectivity index (χ2v) is 7.85. The van der Waals surface area contributed by atoms with Gasteiger partial charge < -0.3 is 19.9 Å². The van der Waals surface area contributed by atoms with Gasteiger partial charge in [-0.25, -0.2) is 4.99 Å². The lowest BCUT2D eigenvalue weighted by Crippen LogP contribution is -2.42. The minimum atomic E-state index is -0.0311. The van der Waals surface area contributed by atoms with Crippen LogP contribution < -0.4 is 15.4 Å². The predicted molar refractivity (Wildman–Crippen MR) is 133 cm³/mol. The molecule has 10 heteroatoms. The first-order valence-corrected chi connectivity index (χ1v) is 11.0. The van der Waals surface area contributed by atoms with Gasteiger partial charge in [0.2, 0.25) is 0 Å². The lowest BCUT2D eigenvalue weighted by molar-refractivity contribution is 0.224. The Labute approximate surface area is 199 Å². The largest absolute Gasteiger partial charge is 0.489 e. The molecule has 0 saturated carbocycles. The van der Waals surface area contributed by atoms with Crippen LogP contribution in [0.4, 0.5) is 0 Å². The van der Waals surface area contributed by atoms with Gasteiger partial charge in [0.1, 0.15) is 24.2 Å². The van der Waals surface area contributed by atoms with Crippen molar-refractivity contribution in [2.45, 2.75) is 32.9 Å². The van der Waals surface area contributed by atoms with Crippen LogP contribution in [0.5, 0.6) is 5.75 Å². The first-order valence-electron chi connectivity index (χ1n) is 9.27. The molecule has 0 fully saturated rings. The van der Waals surface area contributed by atoms with Crippen LogP contribution in [0.1, 0.15) is 25.0 Å². The van der Waals surface area contributed by atoms with Gasteiger partial charge >= 0.3 is 0 Å². The number of aliphatic imine (C=N–C) groups is 1. The van der Waals surface area contributed by atoms with Crippen LogP contribution in [0.2, 0.25) is 5.02 Å². The van der Waals surface area contributed by atoms with Crippen LogP contribution in [0.25, 0.3) is 0 Å². The van der Waals surface area contributed by atoms with E-state index in [1.807, 2.05) is 61.5 Å². The fraction of sp³-hybridized carbons (Fsp3) is 0.526. The van der Waals surface area contributed by atoms with Crippen LogP contribution in [-0.4, -0.2) is 51.9 Å². The summed E-state index contributed by atoms with van der Waals surface area (Å²) < 4.78 is 7.86. The molecule has 2 N–H and O–H groups in total.